The maximum absolute atomic E-state index is 12.1. The standard InChI is InChI=1S/C11H20N2O2/c1-8(9-5-12-6-9)11(14)13-4-3-10(7-13)15-2/h8-10,12H,3-7H2,1-2H3. The topological polar surface area (TPSA) is 41.6 Å². The van der Waals surface area contributed by atoms with Gasteiger partial charge >= 0.3 is 0 Å². The molecule has 2 fully saturated rings. The molecule has 2 heterocycles. The first-order valence-corrected chi connectivity index (χ1v) is 5.74. The minimum Gasteiger partial charge on any atom is -0.380 e. The molecule has 1 N–H and O–H groups in total. The highest BCUT2D eigenvalue weighted by molar-refractivity contribution is 5.79. The van der Waals surface area contributed by atoms with Gasteiger partial charge in [0.1, 0.15) is 0 Å². The van der Waals surface area contributed by atoms with Crippen molar-refractivity contribution in [3.63, 3.8) is 0 Å². The molecule has 1 amide bonds. The molecule has 0 spiro atoms. The van der Waals surface area contributed by atoms with Gasteiger partial charge in [-0.2, -0.15) is 0 Å². The first-order chi connectivity index (χ1) is 7.22. The largest absolute Gasteiger partial charge is 0.380 e. The Morgan fingerprint density at radius 1 is 1.53 bits per heavy atom. The Bertz CT molecular complexity index is 241. The lowest BCUT2D eigenvalue weighted by Crippen LogP contribution is -2.50. The number of ether oxygens (including phenoxy) is 1. The van der Waals surface area contributed by atoms with E-state index in [1.54, 1.807) is 7.11 Å². The molecule has 0 saturated carbocycles. The maximum Gasteiger partial charge on any atom is 0.225 e. The van der Waals surface area contributed by atoms with Crippen LogP contribution in [0.3, 0.4) is 0 Å². The monoisotopic (exact) mass is 212 g/mol. The average molecular weight is 212 g/mol. The molecular weight excluding hydrogens is 192 g/mol. The summed E-state index contributed by atoms with van der Waals surface area (Å²) in [5.41, 5.74) is 0. The van der Waals surface area contributed by atoms with Gasteiger partial charge in [0.25, 0.3) is 0 Å². The molecule has 0 bridgehead atoms. The lowest BCUT2D eigenvalue weighted by Gasteiger charge is -2.33. The van der Waals surface area contributed by atoms with Crippen molar-refractivity contribution in [1.82, 2.24) is 10.2 Å². The number of hydrogen-bond acceptors (Lipinski definition) is 3. The zero-order valence-electron chi connectivity index (χ0n) is 9.53. The third-order valence-electron chi connectivity index (χ3n) is 3.70. The van der Waals surface area contributed by atoms with E-state index in [1.165, 1.54) is 0 Å². The fourth-order valence-corrected chi connectivity index (χ4v) is 2.27. The highest BCUT2D eigenvalue weighted by atomic mass is 16.5. The van der Waals surface area contributed by atoms with Gasteiger partial charge in [-0.15, -0.1) is 0 Å². The van der Waals surface area contributed by atoms with Crippen LogP contribution in [0.15, 0.2) is 0 Å². The van der Waals surface area contributed by atoms with Crippen molar-refractivity contribution in [3.05, 3.63) is 0 Å². The molecule has 0 aromatic heterocycles. The van der Waals surface area contributed by atoms with Crippen LogP contribution < -0.4 is 5.32 Å². The molecule has 0 aromatic carbocycles. The first kappa shape index (κ1) is 10.9. The smallest absolute Gasteiger partial charge is 0.225 e. The van der Waals surface area contributed by atoms with Crippen LogP contribution in [0.1, 0.15) is 13.3 Å². The first-order valence-electron chi connectivity index (χ1n) is 5.74. The van der Waals surface area contributed by atoms with Gasteiger partial charge in [-0.1, -0.05) is 6.92 Å². The number of carbonyl (C=O) groups excluding carboxylic acids is 1. The highest BCUT2D eigenvalue weighted by Crippen LogP contribution is 2.21. The molecule has 0 aliphatic carbocycles. The van der Waals surface area contributed by atoms with Crippen LogP contribution in [0, 0.1) is 11.8 Å². The minimum absolute atomic E-state index is 0.168. The predicted molar refractivity (Wildman–Crippen MR) is 57.5 cm³/mol. The Morgan fingerprint density at radius 2 is 2.27 bits per heavy atom. The van der Waals surface area contributed by atoms with Crippen molar-refractivity contribution in [1.29, 1.82) is 0 Å². The number of rotatable bonds is 3. The molecule has 2 aliphatic rings. The Balaban J connectivity index is 1.85. The molecule has 0 aromatic rings. The molecule has 86 valence electrons. The van der Waals surface area contributed by atoms with E-state index >= 15 is 0 Å². The number of methoxy groups -OCH3 is 1. The molecule has 2 aliphatic heterocycles. The van der Waals surface area contributed by atoms with Gasteiger partial charge in [-0.05, 0) is 25.4 Å². The van der Waals surface area contributed by atoms with E-state index in [2.05, 4.69) is 5.32 Å². The Labute approximate surface area is 91.0 Å². The molecule has 4 heteroatoms. The van der Waals surface area contributed by atoms with Gasteiger partial charge < -0.3 is 15.0 Å². The van der Waals surface area contributed by atoms with E-state index in [0.717, 1.165) is 32.6 Å². The van der Waals surface area contributed by atoms with Crippen LogP contribution in [0.25, 0.3) is 0 Å². The van der Waals surface area contributed by atoms with Crippen LogP contribution in [0.4, 0.5) is 0 Å². The summed E-state index contributed by atoms with van der Waals surface area (Å²) in [4.78, 5) is 14.0. The summed E-state index contributed by atoms with van der Waals surface area (Å²) in [5.74, 6) is 1.02. The number of nitrogens with zero attached hydrogens (tertiary/aromatic N) is 1. The van der Waals surface area contributed by atoms with E-state index in [0.29, 0.717) is 11.8 Å². The quantitative estimate of drug-likeness (QED) is 0.721. The molecule has 4 nitrogen and oxygen atoms in total. The van der Waals surface area contributed by atoms with Gasteiger partial charge in [-0.3, -0.25) is 4.79 Å². The number of nitrogens with one attached hydrogen (secondary N) is 1. The Hall–Kier alpha value is -0.610. The van der Waals surface area contributed by atoms with Crippen LogP contribution in [0.2, 0.25) is 0 Å². The predicted octanol–water partition coefficient (Wildman–Crippen LogP) is 0.0892. The van der Waals surface area contributed by atoms with Gasteiger partial charge in [0.2, 0.25) is 5.91 Å². The SMILES string of the molecule is COC1CCN(C(=O)C(C)C2CNC2)C1. The van der Waals surface area contributed by atoms with Crippen LogP contribution in [0.5, 0.6) is 0 Å². The normalized spacial score (nSPS) is 28.9. The second kappa shape index (κ2) is 4.49. The molecule has 0 radical (unpaired) electrons. The van der Waals surface area contributed by atoms with E-state index in [4.69, 9.17) is 4.74 Å². The van der Waals surface area contributed by atoms with E-state index in [9.17, 15) is 4.79 Å². The van der Waals surface area contributed by atoms with Crippen molar-refractivity contribution < 1.29 is 9.53 Å². The highest BCUT2D eigenvalue weighted by Gasteiger charge is 2.34. The zero-order chi connectivity index (χ0) is 10.8. The molecule has 2 rings (SSSR count). The lowest BCUT2D eigenvalue weighted by molar-refractivity contribution is -0.136. The average Bonchev–Trinajstić information content (AvgIpc) is 2.61. The summed E-state index contributed by atoms with van der Waals surface area (Å²) in [6.45, 7) is 5.68. The molecular formula is C11H20N2O2. The lowest BCUT2D eigenvalue weighted by atomic mass is 9.88. The second-order valence-corrected chi connectivity index (χ2v) is 4.64. The van der Waals surface area contributed by atoms with Gasteiger partial charge in [0.05, 0.1) is 6.10 Å². The third-order valence-corrected chi connectivity index (χ3v) is 3.70. The fraction of sp³-hybridized carbons (Fsp3) is 0.909. The fourth-order valence-electron chi connectivity index (χ4n) is 2.27. The number of carbonyl (C=O) groups is 1. The van der Waals surface area contributed by atoms with Crippen molar-refractivity contribution in [2.24, 2.45) is 11.8 Å². The second-order valence-electron chi connectivity index (χ2n) is 4.64. The molecule has 2 unspecified atom stereocenters. The number of likely N-dealkylation sites (tertiary alicyclic amines) is 1. The molecule has 2 atom stereocenters. The van der Waals surface area contributed by atoms with Crippen LogP contribution in [-0.2, 0) is 9.53 Å². The van der Waals surface area contributed by atoms with Crippen molar-refractivity contribution in [2.75, 3.05) is 33.3 Å². The summed E-state index contributed by atoms with van der Waals surface area (Å²) in [6, 6.07) is 0. The number of hydrogen-bond donors (Lipinski definition) is 1. The summed E-state index contributed by atoms with van der Waals surface area (Å²) in [6.07, 6.45) is 1.23. The summed E-state index contributed by atoms with van der Waals surface area (Å²) in [5, 5.41) is 3.21. The summed E-state index contributed by atoms with van der Waals surface area (Å²) < 4.78 is 5.27. The van der Waals surface area contributed by atoms with Crippen LogP contribution >= 0.6 is 0 Å². The Morgan fingerprint density at radius 3 is 2.73 bits per heavy atom. The van der Waals surface area contributed by atoms with Gasteiger partial charge in [0.15, 0.2) is 0 Å². The van der Waals surface area contributed by atoms with Crippen molar-refractivity contribution in [2.45, 2.75) is 19.4 Å². The summed E-state index contributed by atoms with van der Waals surface area (Å²) in [7, 11) is 1.72. The molecule has 2 saturated heterocycles. The van der Waals surface area contributed by atoms with Crippen molar-refractivity contribution in [3.8, 4) is 0 Å². The summed E-state index contributed by atoms with van der Waals surface area (Å²) >= 11 is 0. The third kappa shape index (κ3) is 2.16. The van der Waals surface area contributed by atoms with E-state index in [-0.39, 0.29) is 12.0 Å². The van der Waals surface area contributed by atoms with Crippen LogP contribution in [-0.4, -0.2) is 50.2 Å². The number of amides is 1. The minimum atomic E-state index is 0.168. The van der Waals surface area contributed by atoms with Gasteiger partial charge in [0, 0.05) is 26.1 Å². The molecule has 15 heavy (non-hydrogen) atoms. The maximum atomic E-state index is 12.1. The zero-order valence-corrected chi connectivity index (χ0v) is 9.53. The van der Waals surface area contributed by atoms with Crippen molar-refractivity contribution >= 4 is 5.91 Å². The van der Waals surface area contributed by atoms with E-state index in [1.807, 2.05) is 11.8 Å². The Kier molecular flexibility index (Phi) is 3.26. The van der Waals surface area contributed by atoms with E-state index < -0.39 is 0 Å². The van der Waals surface area contributed by atoms with Gasteiger partial charge in [-0.25, -0.2) is 0 Å².